The van der Waals surface area contributed by atoms with Gasteiger partial charge in [0.15, 0.2) is 0 Å². The molecule has 20 heavy (non-hydrogen) atoms. The Morgan fingerprint density at radius 1 is 1.40 bits per heavy atom. The Morgan fingerprint density at radius 3 is 2.65 bits per heavy atom. The Balaban J connectivity index is 2.65. The van der Waals surface area contributed by atoms with Crippen molar-refractivity contribution in [2.24, 2.45) is 0 Å². The van der Waals surface area contributed by atoms with Gasteiger partial charge in [-0.15, -0.1) is 0 Å². The Morgan fingerprint density at radius 2 is 2.10 bits per heavy atom. The fourth-order valence-electron chi connectivity index (χ4n) is 2.24. The van der Waals surface area contributed by atoms with Gasteiger partial charge in [0, 0.05) is 19.1 Å². The van der Waals surface area contributed by atoms with Gasteiger partial charge in [-0.25, -0.2) is 9.78 Å². The zero-order valence-corrected chi connectivity index (χ0v) is 12.3. The summed E-state index contributed by atoms with van der Waals surface area (Å²) in [5, 5.41) is 9.12. The number of hydrogen-bond donors (Lipinski definition) is 1. The minimum atomic E-state index is -0.927. The van der Waals surface area contributed by atoms with Crippen molar-refractivity contribution in [1.29, 1.82) is 0 Å². The third kappa shape index (κ3) is 2.67. The molecule has 0 amide bonds. The number of nitrogens with zero attached hydrogens (tertiary/aromatic N) is 2. The molecule has 108 valence electrons. The second-order valence-corrected chi connectivity index (χ2v) is 5.84. The first-order chi connectivity index (χ1) is 9.34. The monoisotopic (exact) mass is 276 g/mol. The van der Waals surface area contributed by atoms with Gasteiger partial charge in [0.05, 0.1) is 23.2 Å². The topological polar surface area (TPSA) is 64.4 Å². The number of rotatable bonds is 4. The quantitative estimate of drug-likeness (QED) is 0.932. The van der Waals surface area contributed by atoms with Gasteiger partial charge in [0.2, 0.25) is 0 Å². The number of aromatic nitrogens is 2. The summed E-state index contributed by atoms with van der Waals surface area (Å²) in [7, 11) is 1.65. The average molecular weight is 276 g/mol. The first-order valence-electron chi connectivity index (χ1n) is 6.57. The third-order valence-corrected chi connectivity index (χ3v) is 3.19. The van der Waals surface area contributed by atoms with Gasteiger partial charge < -0.3 is 14.4 Å². The molecule has 5 heteroatoms. The van der Waals surface area contributed by atoms with E-state index in [0.717, 1.165) is 16.9 Å². The fraction of sp³-hybridized carbons (Fsp3) is 0.467. The summed E-state index contributed by atoms with van der Waals surface area (Å²) >= 11 is 0. The molecule has 0 radical (unpaired) electrons. The molecule has 0 spiro atoms. The molecule has 0 fully saturated rings. The summed E-state index contributed by atoms with van der Waals surface area (Å²) in [5.41, 5.74) is 1.82. The van der Waals surface area contributed by atoms with Crippen LogP contribution in [-0.4, -0.2) is 34.3 Å². The number of methoxy groups -OCH3 is 1. The van der Waals surface area contributed by atoms with Crippen LogP contribution in [0.2, 0.25) is 0 Å². The van der Waals surface area contributed by atoms with E-state index in [1.165, 1.54) is 0 Å². The minimum Gasteiger partial charge on any atom is -0.478 e. The van der Waals surface area contributed by atoms with Crippen molar-refractivity contribution in [3.63, 3.8) is 0 Å². The maximum absolute atomic E-state index is 11.1. The van der Waals surface area contributed by atoms with Crippen molar-refractivity contribution in [3.8, 4) is 0 Å². The molecule has 0 aliphatic heterocycles. The highest BCUT2D eigenvalue weighted by molar-refractivity contribution is 5.92. The van der Waals surface area contributed by atoms with E-state index in [9.17, 15) is 4.79 Å². The number of carboxylic acids is 1. The predicted octanol–water partition coefficient (Wildman–Crippen LogP) is 2.68. The summed E-state index contributed by atoms with van der Waals surface area (Å²) in [4.78, 5) is 15.8. The number of ether oxygens (including phenoxy) is 1. The lowest BCUT2D eigenvalue weighted by atomic mass is 9.95. The zero-order chi connectivity index (χ0) is 14.9. The van der Waals surface area contributed by atoms with E-state index in [4.69, 9.17) is 9.84 Å². The molecule has 0 atom stereocenters. The highest BCUT2D eigenvalue weighted by Crippen LogP contribution is 2.27. The van der Waals surface area contributed by atoms with E-state index in [1.54, 1.807) is 25.3 Å². The van der Waals surface area contributed by atoms with Gasteiger partial charge in [-0.2, -0.15) is 0 Å². The summed E-state index contributed by atoms with van der Waals surface area (Å²) in [5.74, 6) is 0.00999. The lowest BCUT2D eigenvalue weighted by molar-refractivity contribution is 0.0697. The van der Waals surface area contributed by atoms with Crippen LogP contribution in [0.3, 0.4) is 0 Å². The number of fused-ring (bicyclic) bond motifs is 1. The van der Waals surface area contributed by atoms with Crippen LogP contribution in [0.4, 0.5) is 0 Å². The van der Waals surface area contributed by atoms with Gasteiger partial charge >= 0.3 is 5.97 Å². The molecule has 2 aromatic rings. The van der Waals surface area contributed by atoms with Crippen molar-refractivity contribution < 1.29 is 14.6 Å². The van der Waals surface area contributed by atoms with Crippen LogP contribution in [-0.2, 0) is 16.7 Å². The first-order valence-corrected chi connectivity index (χ1v) is 6.57. The summed E-state index contributed by atoms with van der Waals surface area (Å²) in [6.45, 7) is 7.50. The number of carboxylic acid groups (broad SMARTS) is 1. The molecular formula is C15H20N2O3. The molecule has 1 heterocycles. The standard InChI is InChI=1S/C15H20N2O3/c1-15(2,3)14-16-11-6-5-10(13(18)19)9-12(11)17(14)7-8-20-4/h5-6,9H,7-8H2,1-4H3,(H,18,19). The number of hydrogen-bond acceptors (Lipinski definition) is 3. The zero-order valence-electron chi connectivity index (χ0n) is 12.3. The molecule has 0 saturated carbocycles. The van der Waals surface area contributed by atoms with Crippen LogP contribution in [0.25, 0.3) is 11.0 Å². The Kier molecular flexibility index (Phi) is 3.81. The second kappa shape index (κ2) is 5.25. The molecule has 5 nitrogen and oxygen atoms in total. The molecule has 0 saturated heterocycles. The fourth-order valence-corrected chi connectivity index (χ4v) is 2.24. The van der Waals surface area contributed by atoms with Gasteiger partial charge in [-0.05, 0) is 18.2 Å². The van der Waals surface area contributed by atoms with Crippen molar-refractivity contribution in [1.82, 2.24) is 9.55 Å². The van der Waals surface area contributed by atoms with E-state index in [-0.39, 0.29) is 11.0 Å². The highest BCUT2D eigenvalue weighted by Gasteiger charge is 2.23. The van der Waals surface area contributed by atoms with Gasteiger partial charge in [-0.3, -0.25) is 0 Å². The lowest BCUT2D eigenvalue weighted by Crippen LogP contribution is -2.20. The van der Waals surface area contributed by atoms with E-state index in [2.05, 4.69) is 25.8 Å². The minimum absolute atomic E-state index is 0.115. The third-order valence-electron chi connectivity index (χ3n) is 3.19. The molecule has 0 aliphatic rings. The molecule has 0 unspecified atom stereocenters. The molecule has 0 aliphatic carbocycles. The molecule has 1 N–H and O–H groups in total. The summed E-state index contributed by atoms with van der Waals surface area (Å²) in [6, 6.07) is 5.03. The highest BCUT2D eigenvalue weighted by atomic mass is 16.5. The molecule has 1 aromatic heterocycles. The van der Waals surface area contributed by atoms with Gasteiger partial charge in [0.1, 0.15) is 5.82 Å². The van der Waals surface area contributed by atoms with Gasteiger partial charge in [0.25, 0.3) is 0 Å². The van der Waals surface area contributed by atoms with Crippen LogP contribution >= 0.6 is 0 Å². The molecular weight excluding hydrogens is 256 g/mol. The van der Waals surface area contributed by atoms with Crippen LogP contribution in [0.15, 0.2) is 18.2 Å². The maximum atomic E-state index is 11.1. The van der Waals surface area contributed by atoms with Crippen LogP contribution in [0, 0.1) is 0 Å². The van der Waals surface area contributed by atoms with Crippen molar-refractivity contribution in [2.45, 2.75) is 32.7 Å². The lowest BCUT2D eigenvalue weighted by Gasteiger charge is -2.20. The Hall–Kier alpha value is -1.88. The maximum Gasteiger partial charge on any atom is 0.335 e. The van der Waals surface area contributed by atoms with Crippen LogP contribution in [0.1, 0.15) is 37.0 Å². The predicted molar refractivity (Wildman–Crippen MR) is 77.3 cm³/mol. The number of carbonyl (C=O) groups is 1. The Bertz CT molecular complexity index is 638. The first kappa shape index (κ1) is 14.5. The van der Waals surface area contributed by atoms with Crippen LogP contribution in [0.5, 0.6) is 0 Å². The second-order valence-electron chi connectivity index (χ2n) is 5.84. The molecule has 0 bridgehead atoms. The summed E-state index contributed by atoms with van der Waals surface area (Å²) in [6.07, 6.45) is 0. The van der Waals surface area contributed by atoms with Crippen molar-refractivity contribution in [2.75, 3.05) is 13.7 Å². The Labute approximate surface area is 118 Å². The van der Waals surface area contributed by atoms with Crippen LogP contribution < -0.4 is 0 Å². The normalized spacial score (nSPS) is 12.0. The largest absolute Gasteiger partial charge is 0.478 e. The molecule has 1 aromatic carbocycles. The smallest absolute Gasteiger partial charge is 0.335 e. The van der Waals surface area contributed by atoms with Gasteiger partial charge in [-0.1, -0.05) is 20.8 Å². The number of aromatic carboxylic acids is 1. The van der Waals surface area contributed by atoms with E-state index in [0.29, 0.717) is 13.2 Å². The number of imidazole rings is 1. The van der Waals surface area contributed by atoms with Crippen molar-refractivity contribution in [3.05, 3.63) is 29.6 Å². The van der Waals surface area contributed by atoms with Crippen molar-refractivity contribution >= 4 is 17.0 Å². The SMILES string of the molecule is COCCn1c(C(C)(C)C)nc2ccc(C(=O)O)cc21. The van der Waals surface area contributed by atoms with E-state index in [1.807, 2.05) is 4.57 Å². The summed E-state index contributed by atoms with van der Waals surface area (Å²) < 4.78 is 7.19. The number of benzene rings is 1. The average Bonchev–Trinajstić information content (AvgIpc) is 2.73. The van der Waals surface area contributed by atoms with E-state index < -0.39 is 5.97 Å². The molecule has 2 rings (SSSR count). The van der Waals surface area contributed by atoms with E-state index >= 15 is 0 Å².